The highest BCUT2D eigenvalue weighted by Crippen LogP contribution is 2.17. The number of aromatic carboxylic acids is 1. The zero-order valence-electron chi connectivity index (χ0n) is 15.2. The first-order valence-corrected chi connectivity index (χ1v) is 8.85. The number of phenols is 1. The number of carboxylic acids is 1. The van der Waals surface area contributed by atoms with E-state index < -0.39 is 5.97 Å². The van der Waals surface area contributed by atoms with Gasteiger partial charge in [0.2, 0.25) is 0 Å². The van der Waals surface area contributed by atoms with E-state index in [0.29, 0.717) is 22.4 Å². The van der Waals surface area contributed by atoms with Gasteiger partial charge in [0.15, 0.2) is 0 Å². The maximum atomic E-state index is 13.2. The second kappa shape index (κ2) is 7.44. The number of hydrogen-bond acceptors (Lipinski definition) is 4. The number of fused-ring (bicyclic) bond motifs is 1. The van der Waals surface area contributed by atoms with Crippen LogP contribution >= 0.6 is 0 Å². The molecule has 0 saturated carbocycles. The second-order valence-corrected chi connectivity index (χ2v) is 6.41. The van der Waals surface area contributed by atoms with Gasteiger partial charge in [-0.15, -0.1) is 0 Å². The maximum Gasteiger partial charge on any atom is 0.335 e. The van der Waals surface area contributed by atoms with Crippen molar-refractivity contribution < 1.29 is 15.0 Å². The third kappa shape index (κ3) is 3.64. The molecular formula is C23H16N2O4. The number of rotatable bonds is 4. The van der Waals surface area contributed by atoms with Crippen LogP contribution in [0.1, 0.15) is 21.7 Å². The fraction of sp³-hybridized carbons (Fsp3) is 0. The molecule has 0 saturated heterocycles. The van der Waals surface area contributed by atoms with Crippen LogP contribution in [0.4, 0.5) is 0 Å². The van der Waals surface area contributed by atoms with Crippen molar-refractivity contribution in [2.75, 3.05) is 0 Å². The first-order chi connectivity index (χ1) is 14.0. The minimum Gasteiger partial charge on any atom is -0.508 e. The van der Waals surface area contributed by atoms with Crippen LogP contribution in [0.25, 0.3) is 28.7 Å². The van der Waals surface area contributed by atoms with Crippen LogP contribution in [0.5, 0.6) is 5.75 Å². The standard InChI is InChI=1S/C23H16N2O4/c26-18-11-8-15(9-12-18)10-13-21-24-20-7-2-1-6-19(20)22(27)25(21)17-5-3-4-16(14-17)23(28)29/h1-14,26H,(H,28,29)/b13-10+. The van der Waals surface area contributed by atoms with E-state index >= 15 is 0 Å². The molecule has 0 aliphatic heterocycles. The molecule has 0 atom stereocenters. The van der Waals surface area contributed by atoms with E-state index in [1.165, 1.54) is 16.7 Å². The molecule has 29 heavy (non-hydrogen) atoms. The number of nitrogens with zero attached hydrogens (tertiary/aromatic N) is 2. The summed E-state index contributed by atoms with van der Waals surface area (Å²) in [6.45, 7) is 0. The summed E-state index contributed by atoms with van der Waals surface area (Å²) in [5.41, 5.74) is 1.57. The molecule has 1 heterocycles. The fourth-order valence-corrected chi connectivity index (χ4v) is 3.05. The van der Waals surface area contributed by atoms with Crippen molar-refractivity contribution in [3.05, 3.63) is 100 Å². The normalized spacial score (nSPS) is 11.2. The Morgan fingerprint density at radius 1 is 0.931 bits per heavy atom. The smallest absolute Gasteiger partial charge is 0.335 e. The molecule has 3 aromatic carbocycles. The van der Waals surface area contributed by atoms with E-state index in [1.807, 2.05) is 0 Å². The van der Waals surface area contributed by atoms with Gasteiger partial charge in [-0.3, -0.25) is 9.36 Å². The number of para-hydroxylation sites is 1. The Bertz CT molecular complexity index is 1300. The van der Waals surface area contributed by atoms with Crippen LogP contribution in [0, 0.1) is 0 Å². The fourth-order valence-electron chi connectivity index (χ4n) is 3.05. The van der Waals surface area contributed by atoms with Gasteiger partial charge >= 0.3 is 5.97 Å². The number of phenolic OH excluding ortho intramolecular Hbond substituents is 1. The van der Waals surface area contributed by atoms with Crippen LogP contribution < -0.4 is 5.56 Å². The molecule has 2 N–H and O–H groups in total. The predicted octanol–water partition coefficient (Wildman–Crippen LogP) is 3.96. The first-order valence-electron chi connectivity index (χ1n) is 8.85. The predicted molar refractivity (Wildman–Crippen MR) is 111 cm³/mol. The Balaban J connectivity index is 1.94. The highest BCUT2D eigenvalue weighted by Gasteiger charge is 2.12. The molecule has 0 bridgehead atoms. The lowest BCUT2D eigenvalue weighted by Crippen LogP contribution is -2.22. The summed E-state index contributed by atoms with van der Waals surface area (Å²) in [4.78, 5) is 29.2. The molecule has 0 aliphatic rings. The molecule has 4 aromatic rings. The third-order valence-electron chi connectivity index (χ3n) is 4.47. The highest BCUT2D eigenvalue weighted by molar-refractivity contribution is 5.88. The molecular weight excluding hydrogens is 368 g/mol. The zero-order chi connectivity index (χ0) is 20.4. The third-order valence-corrected chi connectivity index (χ3v) is 4.47. The van der Waals surface area contributed by atoms with Crippen LogP contribution in [0.3, 0.4) is 0 Å². The quantitative estimate of drug-likeness (QED) is 0.556. The van der Waals surface area contributed by atoms with Gasteiger partial charge in [-0.1, -0.05) is 36.4 Å². The van der Waals surface area contributed by atoms with E-state index in [2.05, 4.69) is 4.98 Å². The average Bonchev–Trinajstić information content (AvgIpc) is 2.73. The highest BCUT2D eigenvalue weighted by atomic mass is 16.4. The van der Waals surface area contributed by atoms with E-state index in [-0.39, 0.29) is 16.9 Å². The lowest BCUT2D eigenvalue weighted by molar-refractivity contribution is 0.0697. The van der Waals surface area contributed by atoms with Crippen molar-refractivity contribution in [3.63, 3.8) is 0 Å². The van der Waals surface area contributed by atoms with E-state index in [1.54, 1.807) is 72.8 Å². The van der Waals surface area contributed by atoms with Gasteiger partial charge in [0.1, 0.15) is 11.6 Å². The van der Waals surface area contributed by atoms with Crippen LogP contribution in [0.15, 0.2) is 77.6 Å². The number of carboxylic acid groups (broad SMARTS) is 1. The molecule has 0 unspecified atom stereocenters. The number of hydrogen-bond donors (Lipinski definition) is 2. The number of benzene rings is 3. The van der Waals surface area contributed by atoms with E-state index in [4.69, 9.17) is 0 Å². The monoisotopic (exact) mass is 384 g/mol. The van der Waals surface area contributed by atoms with E-state index in [0.717, 1.165) is 5.56 Å². The Morgan fingerprint density at radius 3 is 2.45 bits per heavy atom. The van der Waals surface area contributed by atoms with Gasteiger partial charge in [0.25, 0.3) is 5.56 Å². The van der Waals surface area contributed by atoms with Gasteiger partial charge in [-0.05, 0) is 54.1 Å². The Morgan fingerprint density at radius 2 is 1.69 bits per heavy atom. The molecule has 0 radical (unpaired) electrons. The minimum atomic E-state index is -1.07. The summed E-state index contributed by atoms with van der Waals surface area (Å²) in [5, 5.41) is 19.2. The lowest BCUT2D eigenvalue weighted by Gasteiger charge is -2.12. The van der Waals surface area contributed by atoms with Crippen molar-refractivity contribution in [2.45, 2.75) is 0 Å². The van der Waals surface area contributed by atoms with E-state index in [9.17, 15) is 19.8 Å². The summed E-state index contributed by atoms with van der Waals surface area (Å²) in [7, 11) is 0. The van der Waals surface area contributed by atoms with Crippen molar-refractivity contribution in [1.82, 2.24) is 9.55 Å². The van der Waals surface area contributed by atoms with Crippen LogP contribution in [0.2, 0.25) is 0 Å². The zero-order valence-corrected chi connectivity index (χ0v) is 15.2. The molecule has 1 aromatic heterocycles. The number of aromatic nitrogens is 2. The molecule has 6 heteroatoms. The molecule has 0 aliphatic carbocycles. The number of carbonyl (C=O) groups is 1. The number of aromatic hydroxyl groups is 1. The van der Waals surface area contributed by atoms with Gasteiger partial charge in [-0.25, -0.2) is 9.78 Å². The molecule has 6 nitrogen and oxygen atoms in total. The lowest BCUT2D eigenvalue weighted by atomic mass is 10.1. The van der Waals surface area contributed by atoms with Crippen molar-refractivity contribution in [1.29, 1.82) is 0 Å². The van der Waals surface area contributed by atoms with Gasteiger partial charge < -0.3 is 10.2 Å². The van der Waals surface area contributed by atoms with Crippen molar-refractivity contribution >= 4 is 29.0 Å². The molecule has 0 amide bonds. The summed E-state index contributed by atoms with van der Waals surface area (Å²) >= 11 is 0. The van der Waals surface area contributed by atoms with Gasteiger partial charge in [0, 0.05) is 0 Å². The summed E-state index contributed by atoms with van der Waals surface area (Å²) in [6, 6.07) is 19.8. The Labute approximate surface area is 165 Å². The second-order valence-electron chi connectivity index (χ2n) is 6.41. The van der Waals surface area contributed by atoms with Crippen LogP contribution in [-0.2, 0) is 0 Å². The average molecular weight is 384 g/mol. The Kier molecular flexibility index (Phi) is 4.66. The maximum absolute atomic E-state index is 13.2. The first kappa shape index (κ1) is 18.2. The van der Waals surface area contributed by atoms with Crippen molar-refractivity contribution in [2.24, 2.45) is 0 Å². The summed E-state index contributed by atoms with van der Waals surface area (Å²) in [5.74, 6) is -0.549. The molecule has 0 fully saturated rings. The van der Waals surface area contributed by atoms with Gasteiger partial charge in [0.05, 0.1) is 22.2 Å². The molecule has 0 spiro atoms. The summed E-state index contributed by atoms with van der Waals surface area (Å²) in [6.07, 6.45) is 3.46. The largest absolute Gasteiger partial charge is 0.508 e. The SMILES string of the molecule is O=C(O)c1cccc(-n2c(/C=C/c3ccc(O)cc3)nc3ccccc3c2=O)c1. The summed E-state index contributed by atoms with van der Waals surface area (Å²) < 4.78 is 1.39. The van der Waals surface area contributed by atoms with Crippen molar-refractivity contribution in [3.8, 4) is 11.4 Å². The Hall–Kier alpha value is -4.19. The molecule has 4 rings (SSSR count). The van der Waals surface area contributed by atoms with Crippen LogP contribution in [-0.4, -0.2) is 25.7 Å². The molecule has 142 valence electrons. The van der Waals surface area contributed by atoms with Gasteiger partial charge in [-0.2, -0.15) is 0 Å². The minimum absolute atomic E-state index is 0.0797. The topological polar surface area (TPSA) is 92.4 Å².